The summed E-state index contributed by atoms with van der Waals surface area (Å²) in [6.45, 7) is 4.93. The molecule has 3 rings (SSSR count). The Bertz CT molecular complexity index is 604. The molecular formula is C16H19FN2O2. The number of hydrogen-bond donors (Lipinski definition) is 1. The quantitative estimate of drug-likeness (QED) is 0.944. The van der Waals surface area contributed by atoms with Crippen molar-refractivity contribution in [3.8, 4) is 0 Å². The lowest BCUT2D eigenvalue weighted by Crippen LogP contribution is -2.24. The summed E-state index contributed by atoms with van der Waals surface area (Å²) in [6, 6.07) is 6.52. The minimum atomic E-state index is -0.378. The lowest BCUT2D eigenvalue weighted by molar-refractivity contribution is 0.167. The van der Waals surface area contributed by atoms with Crippen molar-refractivity contribution in [3.63, 3.8) is 0 Å². The van der Waals surface area contributed by atoms with E-state index in [9.17, 15) is 9.50 Å². The lowest BCUT2D eigenvalue weighted by atomic mass is 10.0. The summed E-state index contributed by atoms with van der Waals surface area (Å²) in [5.41, 5.74) is 1.90. The Hall–Kier alpha value is -1.72. The number of oxazole rings is 1. The molecule has 0 saturated carbocycles. The number of hydrogen-bond acceptors (Lipinski definition) is 4. The van der Waals surface area contributed by atoms with E-state index in [0.29, 0.717) is 25.4 Å². The van der Waals surface area contributed by atoms with Crippen LogP contribution in [-0.4, -0.2) is 27.6 Å². The average molecular weight is 290 g/mol. The molecular weight excluding hydrogens is 271 g/mol. The maximum absolute atomic E-state index is 13.1. The number of aryl methyl sites for hydroxylation is 2. The smallest absolute Gasteiger partial charge is 0.208 e. The molecule has 1 saturated heterocycles. The van der Waals surface area contributed by atoms with Gasteiger partial charge in [0.15, 0.2) is 0 Å². The Morgan fingerprint density at radius 2 is 2.05 bits per heavy atom. The molecule has 0 amide bonds. The van der Waals surface area contributed by atoms with E-state index in [4.69, 9.17) is 4.42 Å². The first-order chi connectivity index (χ1) is 10.0. The summed E-state index contributed by atoms with van der Waals surface area (Å²) in [4.78, 5) is 6.52. The maximum atomic E-state index is 13.1. The zero-order chi connectivity index (χ0) is 15.0. The van der Waals surface area contributed by atoms with Crippen LogP contribution in [0.1, 0.15) is 35.4 Å². The van der Waals surface area contributed by atoms with E-state index in [1.807, 2.05) is 13.8 Å². The Morgan fingerprint density at radius 1 is 1.33 bits per heavy atom. The average Bonchev–Trinajstić information content (AvgIpc) is 2.94. The van der Waals surface area contributed by atoms with Gasteiger partial charge in [-0.3, -0.25) is 4.90 Å². The second kappa shape index (κ2) is 5.58. The van der Waals surface area contributed by atoms with E-state index in [1.165, 1.54) is 12.1 Å². The van der Waals surface area contributed by atoms with E-state index in [-0.39, 0.29) is 18.0 Å². The minimum absolute atomic E-state index is 0.0631. The predicted molar refractivity (Wildman–Crippen MR) is 76.2 cm³/mol. The van der Waals surface area contributed by atoms with Gasteiger partial charge in [0.05, 0.1) is 18.3 Å². The fourth-order valence-electron chi connectivity index (χ4n) is 2.87. The zero-order valence-corrected chi connectivity index (χ0v) is 12.2. The third-order valence-electron chi connectivity index (χ3n) is 4.05. The number of likely N-dealkylation sites (tertiary alicyclic amines) is 1. The third kappa shape index (κ3) is 2.99. The number of rotatable bonds is 3. The van der Waals surface area contributed by atoms with Gasteiger partial charge in [0.25, 0.3) is 0 Å². The molecule has 1 aliphatic heterocycles. The van der Waals surface area contributed by atoms with Gasteiger partial charge < -0.3 is 9.52 Å². The van der Waals surface area contributed by atoms with Crippen molar-refractivity contribution in [3.05, 3.63) is 53.0 Å². The predicted octanol–water partition coefficient (Wildman–Crippen LogP) is 2.74. The van der Waals surface area contributed by atoms with Crippen LogP contribution in [0.3, 0.4) is 0 Å². The van der Waals surface area contributed by atoms with E-state index in [1.54, 1.807) is 12.1 Å². The highest BCUT2D eigenvalue weighted by atomic mass is 19.1. The van der Waals surface area contributed by atoms with Crippen molar-refractivity contribution >= 4 is 0 Å². The summed E-state index contributed by atoms with van der Waals surface area (Å²) >= 11 is 0. The number of β-amino-alcohol motifs (C(OH)–C–C–N with tert-alkyl or cyclic N) is 1. The maximum Gasteiger partial charge on any atom is 0.208 e. The van der Waals surface area contributed by atoms with Crippen LogP contribution in [0.2, 0.25) is 0 Å². The highest BCUT2D eigenvalue weighted by molar-refractivity contribution is 5.21. The normalized spacial score (nSPS) is 22.9. The van der Waals surface area contributed by atoms with Crippen LogP contribution < -0.4 is 0 Å². The molecule has 2 heterocycles. The highest BCUT2D eigenvalue weighted by Crippen LogP contribution is 2.33. The fourth-order valence-corrected chi connectivity index (χ4v) is 2.87. The summed E-state index contributed by atoms with van der Waals surface area (Å²) in [5, 5.41) is 9.96. The van der Waals surface area contributed by atoms with Crippen LogP contribution in [0.5, 0.6) is 0 Å². The SMILES string of the molecule is Cc1nc(CN2CC(O)CC2c2ccc(F)cc2)oc1C. The molecule has 1 aromatic heterocycles. The van der Waals surface area contributed by atoms with Crippen LogP contribution in [-0.2, 0) is 6.54 Å². The zero-order valence-electron chi connectivity index (χ0n) is 12.2. The summed E-state index contributed by atoms with van der Waals surface area (Å²) in [5.74, 6) is 1.23. The molecule has 2 unspecified atom stereocenters. The molecule has 1 N–H and O–H groups in total. The number of aromatic nitrogens is 1. The molecule has 2 atom stereocenters. The third-order valence-corrected chi connectivity index (χ3v) is 4.05. The molecule has 112 valence electrons. The molecule has 1 aromatic carbocycles. The van der Waals surface area contributed by atoms with Gasteiger partial charge in [0.1, 0.15) is 11.6 Å². The molecule has 1 aliphatic rings. The standard InChI is InChI=1S/C16H19FN2O2/c1-10-11(2)21-16(18-10)9-19-8-14(20)7-15(19)12-3-5-13(17)6-4-12/h3-6,14-15,20H,7-9H2,1-2H3. The summed E-state index contributed by atoms with van der Waals surface area (Å²) in [6.07, 6.45) is 0.266. The Kier molecular flexibility index (Phi) is 3.78. The molecule has 21 heavy (non-hydrogen) atoms. The number of benzene rings is 1. The van der Waals surface area contributed by atoms with Crippen molar-refractivity contribution < 1.29 is 13.9 Å². The Labute approximate surface area is 123 Å². The van der Waals surface area contributed by atoms with Crippen LogP contribution >= 0.6 is 0 Å². The van der Waals surface area contributed by atoms with Crippen LogP contribution in [0.25, 0.3) is 0 Å². The van der Waals surface area contributed by atoms with Crippen molar-refractivity contribution in [1.29, 1.82) is 0 Å². The van der Waals surface area contributed by atoms with E-state index >= 15 is 0 Å². The Balaban J connectivity index is 1.80. The van der Waals surface area contributed by atoms with Gasteiger partial charge in [-0.25, -0.2) is 9.37 Å². The minimum Gasteiger partial charge on any atom is -0.444 e. The molecule has 0 radical (unpaired) electrons. The van der Waals surface area contributed by atoms with E-state index in [0.717, 1.165) is 17.0 Å². The second-order valence-corrected chi connectivity index (χ2v) is 5.64. The van der Waals surface area contributed by atoms with E-state index in [2.05, 4.69) is 9.88 Å². The first-order valence-corrected chi connectivity index (χ1v) is 7.13. The number of halogens is 1. The Morgan fingerprint density at radius 3 is 2.67 bits per heavy atom. The van der Waals surface area contributed by atoms with Gasteiger partial charge in [0, 0.05) is 12.6 Å². The fraction of sp³-hybridized carbons (Fsp3) is 0.438. The van der Waals surface area contributed by atoms with Crippen molar-refractivity contribution in [1.82, 2.24) is 9.88 Å². The van der Waals surface area contributed by atoms with Crippen molar-refractivity contribution in [2.45, 2.75) is 39.0 Å². The molecule has 0 spiro atoms. The van der Waals surface area contributed by atoms with Gasteiger partial charge in [0.2, 0.25) is 5.89 Å². The van der Waals surface area contributed by atoms with Crippen molar-refractivity contribution in [2.75, 3.05) is 6.54 Å². The molecule has 1 fully saturated rings. The summed E-state index contributed by atoms with van der Waals surface area (Å²) < 4.78 is 18.7. The molecule has 4 nitrogen and oxygen atoms in total. The molecule has 5 heteroatoms. The monoisotopic (exact) mass is 290 g/mol. The topological polar surface area (TPSA) is 49.5 Å². The number of aliphatic hydroxyl groups excluding tert-OH is 1. The number of aliphatic hydroxyl groups is 1. The van der Waals surface area contributed by atoms with Crippen LogP contribution in [0, 0.1) is 19.7 Å². The summed E-state index contributed by atoms with van der Waals surface area (Å²) in [7, 11) is 0. The van der Waals surface area contributed by atoms with Crippen molar-refractivity contribution in [2.24, 2.45) is 0 Å². The number of nitrogens with zero attached hydrogens (tertiary/aromatic N) is 2. The van der Waals surface area contributed by atoms with Gasteiger partial charge in [-0.15, -0.1) is 0 Å². The largest absolute Gasteiger partial charge is 0.444 e. The molecule has 2 aromatic rings. The van der Waals surface area contributed by atoms with E-state index < -0.39 is 0 Å². The molecule has 0 bridgehead atoms. The first-order valence-electron chi connectivity index (χ1n) is 7.13. The van der Waals surface area contributed by atoms with Crippen LogP contribution in [0.4, 0.5) is 4.39 Å². The molecule has 0 aliphatic carbocycles. The van der Waals surface area contributed by atoms with Gasteiger partial charge in [-0.1, -0.05) is 12.1 Å². The highest BCUT2D eigenvalue weighted by Gasteiger charge is 2.32. The van der Waals surface area contributed by atoms with Gasteiger partial charge in [-0.05, 0) is 38.0 Å². The van der Waals surface area contributed by atoms with Gasteiger partial charge >= 0.3 is 0 Å². The van der Waals surface area contributed by atoms with Gasteiger partial charge in [-0.2, -0.15) is 0 Å². The lowest BCUT2D eigenvalue weighted by Gasteiger charge is -2.22. The van der Waals surface area contributed by atoms with Crippen LogP contribution in [0.15, 0.2) is 28.7 Å². The first kappa shape index (κ1) is 14.2. The second-order valence-electron chi connectivity index (χ2n) is 5.64.